The van der Waals surface area contributed by atoms with E-state index in [9.17, 15) is 9.59 Å². The quantitative estimate of drug-likeness (QED) is 0.393. The molecule has 0 radical (unpaired) electrons. The zero-order valence-corrected chi connectivity index (χ0v) is 13.3. The molecule has 0 aliphatic rings. The fourth-order valence-electron chi connectivity index (χ4n) is 1.88. The normalized spacial score (nSPS) is 10.1. The third-order valence-electron chi connectivity index (χ3n) is 3.09. The van der Waals surface area contributed by atoms with E-state index in [4.69, 9.17) is 9.94 Å². The minimum absolute atomic E-state index is 0.0429. The predicted octanol–water partition coefficient (Wildman–Crippen LogP) is 2.46. The van der Waals surface area contributed by atoms with Crippen molar-refractivity contribution in [2.24, 2.45) is 0 Å². The van der Waals surface area contributed by atoms with Crippen LogP contribution in [0, 0.1) is 0 Å². The SMILES string of the molecule is O=C(NO)c1ccc(OCCCCNC(=O)c2cccs2)cc1. The molecule has 2 aromatic rings. The first-order valence-corrected chi connectivity index (χ1v) is 8.07. The van der Waals surface area contributed by atoms with Gasteiger partial charge in [-0.3, -0.25) is 14.8 Å². The van der Waals surface area contributed by atoms with E-state index in [1.54, 1.807) is 35.8 Å². The fraction of sp³-hybridized carbons (Fsp3) is 0.250. The number of nitrogens with one attached hydrogen (secondary N) is 2. The van der Waals surface area contributed by atoms with E-state index >= 15 is 0 Å². The number of thiophene rings is 1. The number of carbonyl (C=O) groups is 2. The number of benzene rings is 1. The molecule has 0 saturated carbocycles. The summed E-state index contributed by atoms with van der Waals surface area (Å²) >= 11 is 1.42. The van der Waals surface area contributed by atoms with E-state index in [0.717, 1.165) is 12.8 Å². The van der Waals surface area contributed by atoms with Crippen LogP contribution in [-0.4, -0.2) is 30.2 Å². The summed E-state index contributed by atoms with van der Waals surface area (Å²) in [6.07, 6.45) is 1.63. The molecule has 0 aliphatic carbocycles. The Labute approximate surface area is 138 Å². The van der Waals surface area contributed by atoms with Crippen molar-refractivity contribution in [3.63, 3.8) is 0 Å². The molecule has 0 aliphatic heterocycles. The van der Waals surface area contributed by atoms with Crippen LogP contribution in [0.15, 0.2) is 41.8 Å². The highest BCUT2D eigenvalue weighted by Gasteiger charge is 2.05. The smallest absolute Gasteiger partial charge is 0.274 e. The van der Waals surface area contributed by atoms with Crippen LogP contribution < -0.4 is 15.5 Å². The largest absolute Gasteiger partial charge is 0.494 e. The summed E-state index contributed by atoms with van der Waals surface area (Å²) in [5, 5.41) is 13.3. The highest BCUT2D eigenvalue weighted by Crippen LogP contribution is 2.12. The van der Waals surface area contributed by atoms with Gasteiger partial charge in [-0.25, -0.2) is 5.48 Å². The van der Waals surface area contributed by atoms with E-state index in [1.807, 2.05) is 11.4 Å². The molecular formula is C16H18N2O4S. The van der Waals surface area contributed by atoms with Crippen LogP contribution in [0.4, 0.5) is 0 Å². The van der Waals surface area contributed by atoms with Gasteiger partial charge < -0.3 is 10.1 Å². The Morgan fingerprint density at radius 1 is 1.09 bits per heavy atom. The highest BCUT2D eigenvalue weighted by atomic mass is 32.1. The summed E-state index contributed by atoms with van der Waals surface area (Å²) < 4.78 is 5.55. The van der Waals surface area contributed by atoms with Crippen molar-refractivity contribution in [1.82, 2.24) is 10.8 Å². The number of hydrogen-bond acceptors (Lipinski definition) is 5. The number of unbranched alkanes of at least 4 members (excludes halogenated alkanes) is 1. The molecular weight excluding hydrogens is 316 g/mol. The Balaban J connectivity index is 1.60. The predicted molar refractivity (Wildman–Crippen MR) is 87.1 cm³/mol. The first kappa shape index (κ1) is 17.0. The van der Waals surface area contributed by atoms with Gasteiger partial charge in [0.05, 0.1) is 11.5 Å². The minimum Gasteiger partial charge on any atom is -0.494 e. The van der Waals surface area contributed by atoms with Gasteiger partial charge in [-0.2, -0.15) is 0 Å². The van der Waals surface area contributed by atoms with Gasteiger partial charge in [0.15, 0.2) is 0 Å². The van der Waals surface area contributed by atoms with Gasteiger partial charge in [-0.05, 0) is 48.6 Å². The van der Waals surface area contributed by atoms with Crippen LogP contribution in [0.1, 0.15) is 32.9 Å². The maximum absolute atomic E-state index is 11.7. The van der Waals surface area contributed by atoms with Crippen molar-refractivity contribution in [3.8, 4) is 5.75 Å². The van der Waals surface area contributed by atoms with Gasteiger partial charge in [-0.15, -0.1) is 11.3 Å². The summed E-state index contributed by atoms with van der Waals surface area (Å²) in [4.78, 5) is 23.6. The van der Waals surface area contributed by atoms with Crippen LogP contribution >= 0.6 is 11.3 Å². The Morgan fingerprint density at radius 2 is 1.87 bits per heavy atom. The van der Waals surface area contributed by atoms with Crippen molar-refractivity contribution < 1.29 is 19.5 Å². The number of carbonyl (C=O) groups excluding carboxylic acids is 2. The third kappa shape index (κ3) is 5.39. The molecule has 1 aromatic carbocycles. The van der Waals surface area contributed by atoms with E-state index < -0.39 is 5.91 Å². The van der Waals surface area contributed by atoms with Crippen molar-refractivity contribution in [1.29, 1.82) is 0 Å². The van der Waals surface area contributed by atoms with Gasteiger partial charge >= 0.3 is 0 Å². The molecule has 6 nitrogen and oxygen atoms in total. The first-order chi connectivity index (χ1) is 11.2. The molecule has 0 fully saturated rings. The maximum Gasteiger partial charge on any atom is 0.274 e. The molecule has 3 N–H and O–H groups in total. The Hall–Kier alpha value is -2.38. The maximum atomic E-state index is 11.7. The van der Waals surface area contributed by atoms with Gasteiger partial charge in [-0.1, -0.05) is 6.07 Å². The molecule has 0 bridgehead atoms. The minimum atomic E-state index is -0.557. The second-order valence-electron chi connectivity index (χ2n) is 4.75. The number of hydrogen-bond donors (Lipinski definition) is 3. The number of rotatable bonds is 8. The van der Waals surface area contributed by atoms with E-state index in [1.165, 1.54) is 11.3 Å². The molecule has 23 heavy (non-hydrogen) atoms. The molecule has 0 atom stereocenters. The highest BCUT2D eigenvalue weighted by molar-refractivity contribution is 7.12. The number of amides is 2. The zero-order valence-electron chi connectivity index (χ0n) is 12.5. The summed E-state index contributed by atoms with van der Waals surface area (Å²) in [6.45, 7) is 1.14. The Kier molecular flexibility index (Phi) is 6.58. The van der Waals surface area contributed by atoms with Crippen LogP contribution in [0.2, 0.25) is 0 Å². The molecule has 1 heterocycles. The standard InChI is InChI=1S/C16H18N2O4S/c19-15(18-21)12-5-7-13(8-6-12)22-10-2-1-9-17-16(20)14-4-3-11-23-14/h3-8,11,21H,1-2,9-10H2,(H,17,20)(H,18,19). The Morgan fingerprint density at radius 3 is 2.52 bits per heavy atom. The lowest BCUT2D eigenvalue weighted by Gasteiger charge is -2.07. The summed E-state index contributed by atoms with van der Waals surface area (Å²) in [5.41, 5.74) is 1.93. The Bertz CT molecular complexity index is 626. The number of hydroxylamine groups is 1. The monoisotopic (exact) mass is 334 g/mol. The summed E-state index contributed by atoms with van der Waals surface area (Å²) in [6, 6.07) is 10.1. The molecule has 122 valence electrons. The topological polar surface area (TPSA) is 87.7 Å². The molecule has 2 rings (SSSR count). The lowest BCUT2D eigenvalue weighted by atomic mass is 10.2. The van der Waals surface area contributed by atoms with Gasteiger partial charge in [0.2, 0.25) is 0 Å². The lowest BCUT2D eigenvalue weighted by Crippen LogP contribution is -2.23. The zero-order chi connectivity index (χ0) is 16.5. The van der Waals surface area contributed by atoms with E-state index in [-0.39, 0.29) is 5.91 Å². The van der Waals surface area contributed by atoms with Crippen LogP contribution in [-0.2, 0) is 0 Å². The first-order valence-electron chi connectivity index (χ1n) is 7.19. The van der Waals surface area contributed by atoms with E-state index in [0.29, 0.717) is 29.3 Å². The van der Waals surface area contributed by atoms with Crippen molar-refractivity contribution in [3.05, 3.63) is 52.2 Å². The average Bonchev–Trinajstić information content (AvgIpc) is 3.12. The van der Waals surface area contributed by atoms with Crippen LogP contribution in [0.3, 0.4) is 0 Å². The third-order valence-corrected chi connectivity index (χ3v) is 3.96. The average molecular weight is 334 g/mol. The molecule has 0 saturated heterocycles. The second-order valence-corrected chi connectivity index (χ2v) is 5.70. The van der Waals surface area contributed by atoms with Gasteiger partial charge in [0.1, 0.15) is 5.75 Å². The van der Waals surface area contributed by atoms with Crippen molar-refractivity contribution in [2.75, 3.05) is 13.2 Å². The van der Waals surface area contributed by atoms with E-state index in [2.05, 4.69) is 5.32 Å². The van der Waals surface area contributed by atoms with Crippen LogP contribution in [0.25, 0.3) is 0 Å². The second kappa shape index (κ2) is 8.92. The molecule has 7 heteroatoms. The van der Waals surface area contributed by atoms with Gasteiger partial charge in [0, 0.05) is 12.1 Å². The number of ether oxygens (including phenoxy) is 1. The van der Waals surface area contributed by atoms with Crippen molar-refractivity contribution >= 4 is 23.2 Å². The van der Waals surface area contributed by atoms with Crippen molar-refractivity contribution in [2.45, 2.75) is 12.8 Å². The molecule has 2 amide bonds. The summed E-state index contributed by atoms with van der Waals surface area (Å²) in [5.74, 6) is 0.0545. The van der Waals surface area contributed by atoms with Crippen LogP contribution in [0.5, 0.6) is 5.75 Å². The van der Waals surface area contributed by atoms with Gasteiger partial charge in [0.25, 0.3) is 11.8 Å². The fourth-order valence-corrected chi connectivity index (χ4v) is 2.52. The summed E-state index contributed by atoms with van der Waals surface area (Å²) in [7, 11) is 0. The molecule has 0 spiro atoms. The molecule has 0 unspecified atom stereocenters. The lowest BCUT2D eigenvalue weighted by molar-refractivity contribution is 0.0706. The molecule has 1 aromatic heterocycles.